The first-order chi connectivity index (χ1) is 11.1. The second-order valence-corrected chi connectivity index (χ2v) is 5.96. The molecule has 0 bridgehead atoms. The van der Waals surface area contributed by atoms with Gasteiger partial charge >= 0.3 is 0 Å². The van der Waals surface area contributed by atoms with Crippen molar-refractivity contribution in [2.75, 3.05) is 33.3 Å². The molecule has 0 spiro atoms. The zero-order chi connectivity index (χ0) is 16.7. The molecule has 0 aromatic carbocycles. The van der Waals surface area contributed by atoms with Crippen LogP contribution in [0.15, 0.2) is 24.5 Å². The first-order valence-electron chi connectivity index (χ1n) is 8.06. The molecule has 0 aliphatic carbocycles. The Labute approximate surface area is 137 Å². The lowest BCUT2D eigenvalue weighted by Crippen LogP contribution is -2.44. The van der Waals surface area contributed by atoms with Crippen LogP contribution < -0.4 is 0 Å². The fourth-order valence-corrected chi connectivity index (χ4v) is 2.59. The van der Waals surface area contributed by atoms with Gasteiger partial charge in [-0.05, 0) is 37.0 Å². The average Bonchev–Trinajstić information content (AvgIpc) is 3.05. The van der Waals surface area contributed by atoms with E-state index in [2.05, 4.69) is 4.98 Å². The molecule has 1 atom stereocenters. The quantitative estimate of drug-likeness (QED) is 0.755. The van der Waals surface area contributed by atoms with Crippen LogP contribution in [0, 0.1) is 0 Å². The highest BCUT2D eigenvalue weighted by molar-refractivity contribution is 5.83. The largest absolute Gasteiger partial charge is 0.376 e. The third kappa shape index (κ3) is 5.63. The maximum Gasteiger partial charge on any atom is 0.241 e. The van der Waals surface area contributed by atoms with Crippen LogP contribution in [0.4, 0.5) is 0 Å². The van der Waals surface area contributed by atoms with Gasteiger partial charge in [-0.25, -0.2) is 0 Å². The molecule has 2 amide bonds. The lowest BCUT2D eigenvalue weighted by atomic mass is 10.2. The van der Waals surface area contributed by atoms with E-state index >= 15 is 0 Å². The number of ether oxygens (including phenoxy) is 1. The first kappa shape index (κ1) is 17.4. The normalized spacial score (nSPS) is 17.0. The lowest BCUT2D eigenvalue weighted by molar-refractivity contribution is -0.139. The molecule has 0 saturated carbocycles. The molecule has 6 nitrogen and oxygen atoms in total. The Morgan fingerprint density at radius 1 is 1.35 bits per heavy atom. The van der Waals surface area contributed by atoms with Crippen LogP contribution in [0.5, 0.6) is 0 Å². The Morgan fingerprint density at radius 2 is 2.09 bits per heavy atom. The summed E-state index contributed by atoms with van der Waals surface area (Å²) in [6.45, 7) is 3.48. The third-order valence-electron chi connectivity index (χ3n) is 4.13. The maximum atomic E-state index is 12.3. The van der Waals surface area contributed by atoms with E-state index in [1.807, 2.05) is 12.1 Å². The van der Waals surface area contributed by atoms with Crippen LogP contribution in [0.2, 0.25) is 0 Å². The molecule has 2 rings (SSSR count). The molecule has 0 N–H and O–H groups in total. The van der Waals surface area contributed by atoms with Crippen molar-refractivity contribution in [1.82, 2.24) is 14.8 Å². The van der Waals surface area contributed by atoms with Gasteiger partial charge in [0.15, 0.2) is 0 Å². The van der Waals surface area contributed by atoms with Crippen LogP contribution >= 0.6 is 0 Å². The van der Waals surface area contributed by atoms with E-state index in [0.717, 1.165) is 31.4 Å². The van der Waals surface area contributed by atoms with Gasteiger partial charge in [0.05, 0.1) is 12.6 Å². The Kier molecular flexibility index (Phi) is 6.52. The second kappa shape index (κ2) is 8.62. The summed E-state index contributed by atoms with van der Waals surface area (Å²) < 4.78 is 5.56. The van der Waals surface area contributed by atoms with Crippen molar-refractivity contribution in [1.29, 1.82) is 0 Å². The van der Waals surface area contributed by atoms with Gasteiger partial charge in [0, 0.05) is 46.1 Å². The van der Waals surface area contributed by atoms with Crippen LogP contribution in [-0.2, 0) is 20.7 Å². The molecule has 1 aromatic rings. The minimum atomic E-state index is -0.0867. The molecule has 1 unspecified atom stereocenters. The topological polar surface area (TPSA) is 62.7 Å². The van der Waals surface area contributed by atoms with E-state index in [0.29, 0.717) is 13.1 Å². The van der Waals surface area contributed by atoms with Crippen molar-refractivity contribution in [2.45, 2.75) is 32.3 Å². The highest BCUT2D eigenvalue weighted by Crippen LogP contribution is 2.13. The van der Waals surface area contributed by atoms with E-state index in [1.165, 1.54) is 6.92 Å². The molecule has 0 radical (unpaired) electrons. The van der Waals surface area contributed by atoms with Gasteiger partial charge in [0.25, 0.3) is 0 Å². The molecule has 2 heterocycles. The van der Waals surface area contributed by atoms with Gasteiger partial charge < -0.3 is 14.5 Å². The average molecular weight is 319 g/mol. The molecular formula is C17H25N3O3. The summed E-state index contributed by atoms with van der Waals surface area (Å²) in [6.07, 6.45) is 6.31. The van der Waals surface area contributed by atoms with Crippen molar-refractivity contribution in [3.05, 3.63) is 30.1 Å². The van der Waals surface area contributed by atoms with E-state index in [4.69, 9.17) is 4.74 Å². The fraction of sp³-hybridized carbons (Fsp3) is 0.588. The van der Waals surface area contributed by atoms with Gasteiger partial charge in [-0.3, -0.25) is 14.6 Å². The van der Waals surface area contributed by atoms with Crippen molar-refractivity contribution in [2.24, 2.45) is 0 Å². The highest BCUT2D eigenvalue weighted by Gasteiger charge is 2.23. The molecule has 1 fully saturated rings. The minimum absolute atomic E-state index is 0.0488. The smallest absolute Gasteiger partial charge is 0.241 e. The number of hydrogen-bond acceptors (Lipinski definition) is 4. The Hall–Kier alpha value is -1.95. The zero-order valence-electron chi connectivity index (χ0n) is 13.9. The SMILES string of the molecule is CC(=O)N(CC(=O)N(C)CCc1ccncc1)CC1CCCO1. The maximum absolute atomic E-state index is 12.3. The van der Waals surface area contributed by atoms with E-state index in [-0.39, 0.29) is 24.5 Å². The number of carbonyl (C=O) groups is 2. The number of pyridine rings is 1. The first-order valence-corrected chi connectivity index (χ1v) is 8.06. The summed E-state index contributed by atoms with van der Waals surface area (Å²) in [5, 5.41) is 0. The number of carbonyl (C=O) groups excluding carboxylic acids is 2. The van der Waals surface area contributed by atoms with Crippen molar-refractivity contribution in [3.8, 4) is 0 Å². The predicted octanol–water partition coefficient (Wildman–Crippen LogP) is 1.11. The van der Waals surface area contributed by atoms with Crippen LogP contribution in [0.3, 0.4) is 0 Å². The zero-order valence-corrected chi connectivity index (χ0v) is 13.9. The lowest BCUT2D eigenvalue weighted by Gasteiger charge is -2.26. The van der Waals surface area contributed by atoms with Crippen molar-refractivity contribution >= 4 is 11.8 Å². The second-order valence-electron chi connectivity index (χ2n) is 5.96. The van der Waals surface area contributed by atoms with E-state index < -0.39 is 0 Å². The van der Waals surface area contributed by atoms with Crippen LogP contribution in [0.25, 0.3) is 0 Å². The van der Waals surface area contributed by atoms with Gasteiger partial charge in [-0.2, -0.15) is 0 Å². The number of amides is 2. The Bertz CT molecular complexity index is 515. The number of aromatic nitrogens is 1. The van der Waals surface area contributed by atoms with Crippen molar-refractivity contribution in [3.63, 3.8) is 0 Å². The van der Waals surface area contributed by atoms with E-state index in [9.17, 15) is 9.59 Å². The van der Waals surface area contributed by atoms with Gasteiger partial charge in [-0.1, -0.05) is 0 Å². The summed E-state index contributed by atoms with van der Waals surface area (Å²) in [5.41, 5.74) is 1.14. The predicted molar refractivity (Wildman–Crippen MR) is 86.8 cm³/mol. The standard InChI is InChI=1S/C17H25N3O3/c1-14(21)20(12-16-4-3-11-23-16)13-17(22)19(2)10-7-15-5-8-18-9-6-15/h5-6,8-9,16H,3-4,7,10-13H2,1-2H3. The third-order valence-corrected chi connectivity index (χ3v) is 4.13. The Balaban J connectivity index is 1.81. The van der Waals surface area contributed by atoms with Gasteiger partial charge in [0.1, 0.15) is 0 Å². The molecule has 23 heavy (non-hydrogen) atoms. The molecule has 6 heteroatoms. The summed E-state index contributed by atoms with van der Waals surface area (Å²) in [6, 6.07) is 3.88. The highest BCUT2D eigenvalue weighted by atomic mass is 16.5. The molecule has 1 aliphatic heterocycles. The number of rotatable bonds is 7. The summed E-state index contributed by atoms with van der Waals surface area (Å²) in [4.78, 5) is 31.3. The summed E-state index contributed by atoms with van der Waals surface area (Å²) in [7, 11) is 1.77. The summed E-state index contributed by atoms with van der Waals surface area (Å²) in [5.74, 6) is -0.136. The molecule has 126 valence electrons. The fourth-order valence-electron chi connectivity index (χ4n) is 2.59. The molecular weight excluding hydrogens is 294 g/mol. The number of hydrogen-bond donors (Lipinski definition) is 0. The number of likely N-dealkylation sites (N-methyl/N-ethyl adjacent to an activating group) is 1. The summed E-state index contributed by atoms with van der Waals surface area (Å²) >= 11 is 0. The Morgan fingerprint density at radius 3 is 2.70 bits per heavy atom. The van der Waals surface area contributed by atoms with Gasteiger partial charge in [0.2, 0.25) is 11.8 Å². The monoisotopic (exact) mass is 319 g/mol. The van der Waals surface area contributed by atoms with Crippen LogP contribution in [0.1, 0.15) is 25.3 Å². The van der Waals surface area contributed by atoms with Crippen molar-refractivity contribution < 1.29 is 14.3 Å². The van der Waals surface area contributed by atoms with E-state index in [1.54, 1.807) is 29.2 Å². The molecule has 1 saturated heterocycles. The minimum Gasteiger partial charge on any atom is -0.376 e. The van der Waals surface area contributed by atoms with Crippen LogP contribution in [-0.4, -0.2) is 66.0 Å². The van der Waals surface area contributed by atoms with Gasteiger partial charge in [-0.15, -0.1) is 0 Å². The molecule has 1 aliphatic rings. The molecule has 1 aromatic heterocycles. The number of nitrogens with zero attached hydrogens (tertiary/aromatic N) is 3.